The topological polar surface area (TPSA) is 105 Å². The zero-order valence-electron chi connectivity index (χ0n) is 16.7. The van der Waals surface area contributed by atoms with Crippen molar-refractivity contribution in [3.05, 3.63) is 57.1 Å². The number of carboxylic acids is 1. The van der Waals surface area contributed by atoms with Crippen LogP contribution < -0.4 is 15.4 Å². The van der Waals surface area contributed by atoms with E-state index < -0.39 is 18.4 Å². The largest absolute Gasteiger partial charge is 0.486 e. The van der Waals surface area contributed by atoms with Crippen molar-refractivity contribution in [3.8, 4) is 5.75 Å². The van der Waals surface area contributed by atoms with Crippen LogP contribution in [0.25, 0.3) is 0 Å². The third-order valence-electron chi connectivity index (χ3n) is 3.97. The van der Waals surface area contributed by atoms with Gasteiger partial charge in [-0.3, -0.25) is 14.4 Å². The summed E-state index contributed by atoms with van der Waals surface area (Å²) >= 11 is 12.4. The summed E-state index contributed by atoms with van der Waals surface area (Å²) in [5.41, 5.74) is 2.52. The first-order valence-corrected chi connectivity index (χ1v) is 9.85. The second kappa shape index (κ2) is 10.3. The van der Waals surface area contributed by atoms with Crippen molar-refractivity contribution in [2.75, 3.05) is 11.9 Å². The number of nitrogens with one attached hydrogen (secondary N) is 2. The summed E-state index contributed by atoms with van der Waals surface area (Å²) in [6, 6.07) is 8.26. The second-order valence-corrected chi connectivity index (χ2v) is 7.80. The minimum atomic E-state index is -1.16. The Bertz CT molecular complexity index is 953. The van der Waals surface area contributed by atoms with E-state index in [4.69, 9.17) is 33.0 Å². The highest BCUT2D eigenvalue weighted by Crippen LogP contribution is 2.35. The van der Waals surface area contributed by atoms with E-state index in [0.29, 0.717) is 5.69 Å². The molecule has 0 aliphatic carbocycles. The average Bonchev–Trinajstić information content (AvgIpc) is 2.64. The number of hydrogen-bond donors (Lipinski definition) is 3. The molecule has 0 saturated carbocycles. The minimum Gasteiger partial charge on any atom is -0.486 e. The van der Waals surface area contributed by atoms with Gasteiger partial charge in [-0.25, -0.2) is 0 Å². The maximum absolute atomic E-state index is 12.0. The fourth-order valence-electron chi connectivity index (χ4n) is 2.55. The lowest BCUT2D eigenvalue weighted by Gasteiger charge is -2.14. The van der Waals surface area contributed by atoms with Crippen LogP contribution in [0.4, 0.5) is 5.69 Å². The van der Waals surface area contributed by atoms with Gasteiger partial charge in [-0.1, -0.05) is 43.1 Å². The van der Waals surface area contributed by atoms with Gasteiger partial charge >= 0.3 is 5.97 Å². The lowest BCUT2D eigenvalue weighted by atomic mass is 10.1. The SMILES string of the molecule is Cc1cc(COc2c(Cl)cc(C(=O)NCC(=O)O)cc2Cl)cc(NC(=O)C(C)C)c1. The molecule has 9 heteroatoms. The zero-order chi connectivity index (χ0) is 22.4. The average molecular weight is 453 g/mol. The van der Waals surface area contributed by atoms with Gasteiger partial charge in [-0.05, 0) is 42.3 Å². The van der Waals surface area contributed by atoms with Crippen LogP contribution in [-0.2, 0) is 16.2 Å². The van der Waals surface area contributed by atoms with Crippen LogP contribution in [0.15, 0.2) is 30.3 Å². The Labute approximate surface area is 184 Å². The highest BCUT2D eigenvalue weighted by Gasteiger charge is 2.15. The summed E-state index contributed by atoms with van der Waals surface area (Å²) in [5, 5.41) is 14.0. The zero-order valence-corrected chi connectivity index (χ0v) is 18.2. The molecule has 0 spiro atoms. The normalized spacial score (nSPS) is 10.6. The molecule has 160 valence electrons. The number of aryl methyl sites for hydroxylation is 1. The van der Waals surface area contributed by atoms with Gasteiger partial charge in [0.05, 0.1) is 10.0 Å². The van der Waals surface area contributed by atoms with Crippen LogP contribution in [0, 0.1) is 12.8 Å². The number of carboxylic acid groups (broad SMARTS) is 1. The van der Waals surface area contributed by atoms with E-state index in [1.165, 1.54) is 12.1 Å². The fourth-order valence-corrected chi connectivity index (χ4v) is 3.14. The van der Waals surface area contributed by atoms with Crippen LogP contribution >= 0.6 is 23.2 Å². The molecule has 2 aromatic rings. The molecule has 2 aromatic carbocycles. The molecule has 0 bridgehead atoms. The van der Waals surface area contributed by atoms with Crippen LogP contribution in [0.5, 0.6) is 5.75 Å². The molecule has 0 fully saturated rings. The third kappa shape index (κ3) is 6.64. The maximum Gasteiger partial charge on any atom is 0.322 e. The number of carbonyl (C=O) groups is 3. The van der Waals surface area contributed by atoms with Gasteiger partial charge in [-0.2, -0.15) is 0 Å². The Kier molecular flexibility index (Phi) is 8.08. The maximum atomic E-state index is 12.0. The molecule has 0 aliphatic rings. The molecule has 0 aliphatic heterocycles. The Hall–Kier alpha value is -2.77. The Morgan fingerprint density at radius 1 is 1.07 bits per heavy atom. The molecular weight excluding hydrogens is 431 g/mol. The third-order valence-corrected chi connectivity index (χ3v) is 4.53. The number of rotatable bonds is 8. The van der Waals surface area contributed by atoms with E-state index in [9.17, 15) is 14.4 Å². The van der Waals surface area contributed by atoms with Gasteiger partial charge in [0, 0.05) is 17.2 Å². The number of hydrogen-bond acceptors (Lipinski definition) is 4. The Balaban J connectivity index is 2.14. The van der Waals surface area contributed by atoms with Crippen LogP contribution in [-0.4, -0.2) is 29.4 Å². The van der Waals surface area contributed by atoms with E-state index in [0.717, 1.165) is 11.1 Å². The first kappa shape index (κ1) is 23.5. The molecule has 0 radical (unpaired) electrons. The summed E-state index contributed by atoms with van der Waals surface area (Å²) in [7, 11) is 0. The van der Waals surface area contributed by atoms with E-state index in [1.54, 1.807) is 6.07 Å². The molecule has 3 N–H and O–H groups in total. The molecule has 0 heterocycles. The quantitative estimate of drug-likeness (QED) is 0.553. The summed E-state index contributed by atoms with van der Waals surface area (Å²) in [6.07, 6.45) is 0. The van der Waals surface area contributed by atoms with Crippen molar-refractivity contribution >= 4 is 46.7 Å². The van der Waals surface area contributed by atoms with Crippen LogP contribution in [0.2, 0.25) is 10.0 Å². The van der Waals surface area contributed by atoms with Gasteiger partial charge < -0.3 is 20.5 Å². The smallest absolute Gasteiger partial charge is 0.322 e. The van der Waals surface area contributed by atoms with Gasteiger partial charge in [-0.15, -0.1) is 0 Å². The number of carbonyl (C=O) groups excluding carboxylic acids is 2. The van der Waals surface area contributed by atoms with E-state index in [-0.39, 0.29) is 39.8 Å². The molecule has 2 rings (SSSR count). The summed E-state index contributed by atoms with van der Waals surface area (Å²) in [6.45, 7) is 5.14. The molecule has 0 atom stereocenters. The number of aliphatic carboxylic acids is 1. The highest BCUT2D eigenvalue weighted by atomic mass is 35.5. The lowest BCUT2D eigenvalue weighted by molar-refractivity contribution is -0.135. The second-order valence-electron chi connectivity index (χ2n) is 6.99. The number of halogens is 2. The lowest BCUT2D eigenvalue weighted by Crippen LogP contribution is -2.29. The van der Waals surface area contributed by atoms with Gasteiger partial charge in [0.15, 0.2) is 5.75 Å². The minimum absolute atomic E-state index is 0.0877. The monoisotopic (exact) mass is 452 g/mol. The van der Waals surface area contributed by atoms with Crippen molar-refractivity contribution in [1.82, 2.24) is 5.32 Å². The van der Waals surface area contributed by atoms with Crippen molar-refractivity contribution in [3.63, 3.8) is 0 Å². The van der Waals surface area contributed by atoms with Crippen molar-refractivity contribution in [2.24, 2.45) is 5.92 Å². The molecule has 30 heavy (non-hydrogen) atoms. The van der Waals surface area contributed by atoms with Crippen molar-refractivity contribution in [2.45, 2.75) is 27.4 Å². The fraction of sp³-hybridized carbons (Fsp3) is 0.286. The molecule has 0 saturated heterocycles. The van der Waals surface area contributed by atoms with Gasteiger partial charge in [0.2, 0.25) is 5.91 Å². The van der Waals surface area contributed by atoms with Crippen LogP contribution in [0.3, 0.4) is 0 Å². The van der Waals surface area contributed by atoms with Gasteiger partial charge in [0.1, 0.15) is 13.2 Å². The number of anilines is 1. The first-order valence-electron chi connectivity index (χ1n) is 9.10. The van der Waals surface area contributed by atoms with Crippen molar-refractivity contribution in [1.29, 1.82) is 0 Å². The summed E-state index contributed by atoms with van der Waals surface area (Å²) in [5.74, 6) is -1.81. The molecule has 2 amide bonds. The molecular formula is C21H22Cl2N2O5. The van der Waals surface area contributed by atoms with E-state index >= 15 is 0 Å². The molecule has 7 nitrogen and oxygen atoms in total. The van der Waals surface area contributed by atoms with E-state index in [1.807, 2.05) is 32.9 Å². The number of ether oxygens (including phenoxy) is 1. The van der Waals surface area contributed by atoms with Gasteiger partial charge in [0.25, 0.3) is 5.91 Å². The predicted molar refractivity (Wildman–Crippen MR) is 115 cm³/mol. The Morgan fingerprint density at radius 2 is 1.70 bits per heavy atom. The van der Waals surface area contributed by atoms with E-state index in [2.05, 4.69) is 10.6 Å². The summed E-state index contributed by atoms with van der Waals surface area (Å²) < 4.78 is 5.75. The molecule has 0 aromatic heterocycles. The summed E-state index contributed by atoms with van der Waals surface area (Å²) in [4.78, 5) is 34.5. The Morgan fingerprint density at radius 3 is 2.27 bits per heavy atom. The molecule has 0 unspecified atom stereocenters. The highest BCUT2D eigenvalue weighted by molar-refractivity contribution is 6.37. The van der Waals surface area contributed by atoms with Crippen LogP contribution in [0.1, 0.15) is 35.3 Å². The number of amides is 2. The first-order chi connectivity index (χ1) is 14.1. The standard InChI is InChI=1S/C21H22Cl2N2O5/c1-11(2)20(28)25-15-5-12(3)4-13(6-15)10-30-19-16(22)7-14(8-17(19)23)21(29)24-9-18(26)27/h4-8,11H,9-10H2,1-3H3,(H,24,29)(H,25,28)(H,26,27). The van der Waals surface area contributed by atoms with Crippen molar-refractivity contribution < 1.29 is 24.2 Å². The number of benzene rings is 2. The predicted octanol–water partition coefficient (Wildman–Crippen LogP) is 4.29.